The molecule has 7 nitrogen and oxygen atoms in total. The molecule has 2 aromatic carbocycles. The summed E-state index contributed by atoms with van der Waals surface area (Å²) in [6.07, 6.45) is 0.209. The third-order valence-electron chi connectivity index (χ3n) is 6.04. The molecule has 0 spiro atoms. The first kappa shape index (κ1) is 20.9. The normalized spacial score (nSPS) is 23.1. The largest absolute Gasteiger partial charge is 0.445 e. The van der Waals surface area contributed by atoms with Gasteiger partial charge in [0.25, 0.3) is 0 Å². The minimum atomic E-state index is -1.87. The van der Waals surface area contributed by atoms with Crippen molar-refractivity contribution >= 4 is 23.3 Å². The molecule has 1 aliphatic heterocycles. The molecule has 162 valence electrons. The summed E-state index contributed by atoms with van der Waals surface area (Å²) in [5.74, 6) is -2.65. The number of nitrogens with one attached hydrogen (secondary N) is 1. The fourth-order valence-electron chi connectivity index (χ4n) is 4.40. The van der Waals surface area contributed by atoms with E-state index in [4.69, 9.17) is 15.2 Å². The van der Waals surface area contributed by atoms with Crippen LogP contribution in [0.25, 0.3) is 0 Å². The van der Waals surface area contributed by atoms with Crippen molar-refractivity contribution in [3.8, 4) is 5.75 Å². The summed E-state index contributed by atoms with van der Waals surface area (Å²) in [6, 6.07) is 10.4. The summed E-state index contributed by atoms with van der Waals surface area (Å²) in [7, 11) is 0. The number of nitrogen functional groups attached to an aromatic ring is 1. The third kappa shape index (κ3) is 2.69. The van der Waals surface area contributed by atoms with Crippen molar-refractivity contribution in [1.82, 2.24) is 5.32 Å². The molecular formula is C24H26N2O5. The molecule has 0 fully saturated rings. The number of benzene rings is 2. The van der Waals surface area contributed by atoms with E-state index in [1.54, 1.807) is 38.1 Å². The van der Waals surface area contributed by atoms with E-state index >= 15 is 0 Å². The minimum Gasteiger partial charge on any atom is -0.445 e. The highest BCUT2D eigenvalue weighted by Crippen LogP contribution is 2.61. The number of ketones is 1. The van der Waals surface area contributed by atoms with Crippen LogP contribution in [-0.4, -0.2) is 17.7 Å². The van der Waals surface area contributed by atoms with E-state index in [0.717, 1.165) is 5.56 Å². The second-order valence-corrected chi connectivity index (χ2v) is 8.21. The number of amides is 1. The van der Waals surface area contributed by atoms with Gasteiger partial charge in [0.15, 0.2) is 0 Å². The van der Waals surface area contributed by atoms with Crippen LogP contribution in [0.5, 0.6) is 5.75 Å². The van der Waals surface area contributed by atoms with E-state index in [0.29, 0.717) is 16.9 Å². The van der Waals surface area contributed by atoms with Crippen LogP contribution in [0.3, 0.4) is 0 Å². The average molecular weight is 422 g/mol. The number of carbonyl (C=O) groups excluding carboxylic acids is 3. The molecule has 7 heteroatoms. The van der Waals surface area contributed by atoms with Crippen LogP contribution < -0.4 is 15.8 Å². The van der Waals surface area contributed by atoms with Gasteiger partial charge in [-0.2, -0.15) is 0 Å². The Hall–Kier alpha value is -3.35. The van der Waals surface area contributed by atoms with Crippen molar-refractivity contribution in [1.29, 1.82) is 0 Å². The number of Topliss-reactive ketones (excluding diaryl/α,β-unsaturated/α-hetero) is 1. The Bertz CT molecular complexity index is 1110. The number of ether oxygens (including phenoxy) is 2. The number of hydrogen-bond acceptors (Lipinski definition) is 6. The summed E-state index contributed by atoms with van der Waals surface area (Å²) in [5, 5.41) is 2.86. The molecule has 1 aliphatic carbocycles. The van der Waals surface area contributed by atoms with Crippen LogP contribution in [0.15, 0.2) is 36.4 Å². The summed E-state index contributed by atoms with van der Waals surface area (Å²) in [4.78, 5) is 39.2. The highest BCUT2D eigenvalue weighted by atomic mass is 16.7. The van der Waals surface area contributed by atoms with Gasteiger partial charge in [-0.05, 0) is 23.6 Å². The maximum atomic E-state index is 14.0. The van der Waals surface area contributed by atoms with E-state index in [2.05, 4.69) is 5.32 Å². The molecule has 0 aromatic heterocycles. The molecule has 0 radical (unpaired) electrons. The first-order chi connectivity index (χ1) is 14.7. The van der Waals surface area contributed by atoms with Gasteiger partial charge in [-0.3, -0.25) is 14.4 Å². The summed E-state index contributed by atoms with van der Waals surface area (Å²) < 4.78 is 12.3. The highest BCUT2D eigenvalue weighted by molar-refractivity contribution is 6.15. The first-order valence-corrected chi connectivity index (χ1v) is 10.5. The molecule has 1 amide bonds. The molecule has 2 atom stereocenters. The zero-order valence-electron chi connectivity index (χ0n) is 18.1. The predicted octanol–water partition coefficient (Wildman–Crippen LogP) is 3.51. The highest BCUT2D eigenvalue weighted by Gasteiger charge is 2.75. The molecule has 0 saturated heterocycles. The molecule has 1 heterocycles. The maximum absolute atomic E-state index is 14.0. The van der Waals surface area contributed by atoms with E-state index in [1.165, 1.54) is 0 Å². The molecule has 0 saturated carbocycles. The first-order valence-electron chi connectivity index (χ1n) is 10.5. The number of fused-ring (bicyclic) bond motifs is 5. The van der Waals surface area contributed by atoms with Crippen LogP contribution in [0.1, 0.15) is 73.5 Å². The van der Waals surface area contributed by atoms with Crippen LogP contribution in [0, 0.1) is 0 Å². The number of anilines is 1. The second-order valence-electron chi connectivity index (χ2n) is 8.21. The number of rotatable bonds is 5. The van der Waals surface area contributed by atoms with Gasteiger partial charge in [-0.15, -0.1) is 0 Å². The second kappa shape index (κ2) is 7.11. The lowest BCUT2D eigenvalue weighted by Gasteiger charge is -2.37. The monoisotopic (exact) mass is 422 g/mol. The van der Waals surface area contributed by atoms with Crippen LogP contribution in [0.4, 0.5) is 5.69 Å². The molecule has 2 aromatic rings. The number of nitrogens with two attached hydrogens (primary N) is 1. The zero-order valence-corrected chi connectivity index (χ0v) is 18.1. The van der Waals surface area contributed by atoms with Gasteiger partial charge < -0.3 is 20.5 Å². The Balaban J connectivity index is 2.06. The Labute approximate surface area is 180 Å². The Morgan fingerprint density at radius 2 is 1.87 bits per heavy atom. The lowest BCUT2D eigenvalue weighted by Crippen LogP contribution is -2.61. The number of hydrogen-bond donors (Lipinski definition) is 2. The fraction of sp³-hybridized carbons (Fsp3) is 0.375. The van der Waals surface area contributed by atoms with Crippen molar-refractivity contribution in [2.75, 3.05) is 5.73 Å². The third-order valence-corrected chi connectivity index (χ3v) is 6.04. The van der Waals surface area contributed by atoms with E-state index in [9.17, 15) is 14.4 Å². The molecule has 0 unspecified atom stereocenters. The Kier molecular flexibility index (Phi) is 4.80. The molecule has 4 rings (SSSR count). The summed E-state index contributed by atoms with van der Waals surface area (Å²) in [6.45, 7) is 7.42. The Morgan fingerprint density at radius 1 is 1.13 bits per heavy atom. The van der Waals surface area contributed by atoms with E-state index in [1.807, 2.05) is 26.0 Å². The lowest BCUT2D eigenvalue weighted by atomic mass is 9.82. The van der Waals surface area contributed by atoms with Crippen molar-refractivity contribution in [3.05, 3.63) is 58.7 Å². The Morgan fingerprint density at radius 3 is 2.52 bits per heavy atom. The molecule has 2 aliphatic rings. The van der Waals surface area contributed by atoms with Gasteiger partial charge in [0.2, 0.25) is 17.2 Å². The molecule has 0 bridgehead atoms. The number of carbonyl (C=O) groups is 3. The van der Waals surface area contributed by atoms with Crippen LogP contribution >= 0.6 is 0 Å². The molecular weight excluding hydrogens is 396 g/mol. The van der Waals surface area contributed by atoms with Gasteiger partial charge in [0, 0.05) is 24.1 Å². The molecule has 3 N–H and O–H groups in total. The van der Waals surface area contributed by atoms with Crippen molar-refractivity contribution in [3.63, 3.8) is 0 Å². The zero-order chi connectivity index (χ0) is 22.6. The summed E-state index contributed by atoms with van der Waals surface area (Å²) in [5.41, 5.74) is 6.61. The van der Waals surface area contributed by atoms with Crippen molar-refractivity contribution < 1.29 is 23.9 Å². The van der Waals surface area contributed by atoms with Gasteiger partial charge in [0.05, 0.1) is 11.1 Å². The molecule has 31 heavy (non-hydrogen) atoms. The quantitative estimate of drug-likeness (QED) is 0.564. The van der Waals surface area contributed by atoms with Gasteiger partial charge in [-0.25, -0.2) is 0 Å². The van der Waals surface area contributed by atoms with Gasteiger partial charge in [0.1, 0.15) is 5.75 Å². The minimum absolute atomic E-state index is 0.0718. The topological polar surface area (TPSA) is 108 Å². The average Bonchev–Trinajstić information content (AvgIpc) is 3.12. The van der Waals surface area contributed by atoms with E-state index < -0.39 is 23.1 Å². The van der Waals surface area contributed by atoms with Crippen LogP contribution in [-0.2, 0) is 25.7 Å². The van der Waals surface area contributed by atoms with Crippen molar-refractivity contribution in [2.45, 2.75) is 57.8 Å². The van der Waals surface area contributed by atoms with Gasteiger partial charge in [-0.1, -0.05) is 52.0 Å². The maximum Gasteiger partial charge on any atom is 0.317 e. The summed E-state index contributed by atoms with van der Waals surface area (Å²) >= 11 is 0. The van der Waals surface area contributed by atoms with Crippen molar-refractivity contribution in [2.24, 2.45) is 0 Å². The predicted molar refractivity (Wildman–Crippen MR) is 115 cm³/mol. The lowest BCUT2D eigenvalue weighted by molar-refractivity contribution is -0.216. The standard InChI is InChI=1S/C24H26N2O5/c1-5-19(27)26-23-15-11-10-14(13(3)4)12-18(15)30-24(23,31-20(28)6-2)16-8-7-9-17(25)21(16)22(23)29/h7-13H,5-6,25H2,1-4H3,(H,26,27)/t23-,24-/m1/s1. The van der Waals surface area contributed by atoms with E-state index in [-0.39, 0.29) is 35.9 Å². The number of esters is 1. The SMILES string of the molecule is CCC(=O)N[C@]12C(=O)c3c(N)cccc3[C@]1(OC(=O)CC)Oc1cc(C(C)C)ccc12. The fourth-order valence-corrected chi connectivity index (χ4v) is 4.40. The smallest absolute Gasteiger partial charge is 0.317 e. The van der Waals surface area contributed by atoms with Gasteiger partial charge >= 0.3 is 11.8 Å². The van der Waals surface area contributed by atoms with Crippen LogP contribution in [0.2, 0.25) is 0 Å².